The number of aryl methyl sites for hydroxylation is 1. The second-order valence-corrected chi connectivity index (χ2v) is 5.64. The predicted molar refractivity (Wildman–Crippen MR) is 88.1 cm³/mol. The lowest BCUT2D eigenvalue weighted by Gasteiger charge is -2.12. The van der Waals surface area contributed by atoms with Crippen molar-refractivity contribution in [2.45, 2.75) is 19.8 Å². The predicted octanol–water partition coefficient (Wildman–Crippen LogP) is 3.71. The minimum atomic E-state index is -0.309. The maximum atomic E-state index is 12.1. The molecular formula is C19H19NO3. The average Bonchev–Trinajstić information content (AvgIpc) is 2.98. The molecule has 2 aromatic carbocycles. The van der Waals surface area contributed by atoms with Gasteiger partial charge >= 0.3 is 5.97 Å². The lowest BCUT2D eigenvalue weighted by atomic mass is 9.96. The van der Waals surface area contributed by atoms with E-state index in [0.29, 0.717) is 18.7 Å². The number of benzene rings is 2. The Balaban J connectivity index is 1.85. The Labute approximate surface area is 135 Å². The number of oxazole rings is 1. The molecule has 0 aliphatic rings. The first-order chi connectivity index (χ1) is 11.2. The largest absolute Gasteiger partial charge is 0.469 e. The number of hydrogen-bond acceptors (Lipinski definition) is 4. The number of methoxy groups -OCH3 is 1. The second-order valence-electron chi connectivity index (χ2n) is 5.64. The number of carbonyl (C=O) groups excluding carboxylic acids is 1. The van der Waals surface area contributed by atoms with Crippen LogP contribution in [-0.2, 0) is 22.4 Å². The average molecular weight is 309 g/mol. The summed E-state index contributed by atoms with van der Waals surface area (Å²) in [6, 6.07) is 15.7. The van der Waals surface area contributed by atoms with Crippen LogP contribution in [0, 0.1) is 12.8 Å². The van der Waals surface area contributed by atoms with Gasteiger partial charge in [0.1, 0.15) is 5.52 Å². The normalized spacial score (nSPS) is 12.3. The molecule has 0 spiro atoms. The highest BCUT2D eigenvalue weighted by Crippen LogP contribution is 2.22. The van der Waals surface area contributed by atoms with Crippen molar-refractivity contribution < 1.29 is 13.9 Å². The zero-order valence-electron chi connectivity index (χ0n) is 13.3. The fraction of sp³-hybridized carbons (Fsp3) is 0.263. The number of fused-ring (bicyclic) bond motifs is 1. The molecule has 0 aliphatic heterocycles. The Kier molecular flexibility index (Phi) is 4.42. The van der Waals surface area contributed by atoms with Gasteiger partial charge in [-0.25, -0.2) is 4.98 Å². The van der Waals surface area contributed by atoms with Gasteiger partial charge in [-0.15, -0.1) is 0 Å². The maximum absolute atomic E-state index is 12.1. The number of aromatic nitrogens is 1. The van der Waals surface area contributed by atoms with E-state index < -0.39 is 0 Å². The van der Waals surface area contributed by atoms with Crippen LogP contribution in [0.2, 0.25) is 0 Å². The smallest absolute Gasteiger partial charge is 0.309 e. The molecule has 0 aliphatic carbocycles. The van der Waals surface area contributed by atoms with Gasteiger partial charge in [0, 0.05) is 6.42 Å². The zero-order valence-corrected chi connectivity index (χ0v) is 13.3. The van der Waals surface area contributed by atoms with Gasteiger partial charge in [0.2, 0.25) is 0 Å². The Morgan fingerprint density at radius 2 is 1.91 bits per heavy atom. The van der Waals surface area contributed by atoms with Gasteiger partial charge in [-0.2, -0.15) is 0 Å². The molecule has 0 amide bonds. The Morgan fingerprint density at radius 3 is 2.61 bits per heavy atom. The molecule has 0 fully saturated rings. The van der Waals surface area contributed by atoms with Crippen molar-refractivity contribution in [1.82, 2.24) is 4.98 Å². The quantitative estimate of drug-likeness (QED) is 0.674. The minimum Gasteiger partial charge on any atom is -0.469 e. The van der Waals surface area contributed by atoms with Crippen LogP contribution < -0.4 is 0 Å². The van der Waals surface area contributed by atoms with E-state index in [0.717, 1.165) is 22.2 Å². The summed E-state index contributed by atoms with van der Waals surface area (Å²) in [5.41, 5.74) is 3.76. The summed E-state index contributed by atoms with van der Waals surface area (Å²) in [7, 11) is 1.41. The van der Waals surface area contributed by atoms with E-state index in [-0.39, 0.29) is 11.9 Å². The van der Waals surface area contributed by atoms with Crippen molar-refractivity contribution in [3.63, 3.8) is 0 Å². The van der Waals surface area contributed by atoms with Crippen LogP contribution in [0.5, 0.6) is 0 Å². The molecule has 1 unspecified atom stereocenters. The molecule has 1 atom stereocenters. The summed E-state index contributed by atoms with van der Waals surface area (Å²) in [5, 5.41) is 0. The molecule has 0 saturated carbocycles. The standard InChI is InChI=1S/C19H19NO3/c1-13-7-6-10-16-18(13)20-17(23-16)12-15(19(21)22-2)11-14-8-4-3-5-9-14/h3-10,15H,11-12H2,1-2H3. The molecule has 3 rings (SSSR count). The topological polar surface area (TPSA) is 52.3 Å². The molecule has 23 heavy (non-hydrogen) atoms. The highest BCUT2D eigenvalue weighted by atomic mass is 16.5. The van der Waals surface area contributed by atoms with Crippen LogP contribution in [0.25, 0.3) is 11.1 Å². The van der Waals surface area contributed by atoms with Crippen LogP contribution >= 0.6 is 0 Å². The van der Waals surface area contributed by atoms with E-state index in [1.165, 1.54) is 7.11 Å². The number of nitrogens with zero attached hydrogens (tertiary/aromatic N) is 1. The monoisotopic (exact) mass is 309 g/mol. The number of ether oxygens (including phenoxy) is 1. The first kappa shape index (κ1) is 15.3. The van der Waals surface area contributed by atoms with Crippen LogP contribution in [0.1, 0.15) is 17.0 Å². The summed E-state index contributed by atoms with van der Waals surface area (Å²) < 4.78 is 10.7. The van der Waals surface area contributed by atoms with Gasteiger partial charge in [-0.05, 0) is 30.5 Å². The van der Waals surface area contributed by atoms with Crippen molar-refractivity contribution in [1.29, 1.82) is 0 Å². The number of esters is 1. The van der Waals surface area contributed by atoms with Crippen molar-refractivity contribution in [2.75, 3.05) is 7.11 Å². The molecule has 4 heteroatoms. The van der Waals surface area contributed by atoms with Crippen molar-refractivity contribution in [2.24, 2.45) is 5.92 Å². The summed E-state index contributed by atoms with van der Waals surface area (Å²) >= 11 is 0. The third-order valence-corrected chi connectivity index (χ3v) is 3.95. The first-order valence-corrected chi connectivity index (χ1v) is 7.64. The Morgan fingerprint density at radius 1 is 1.13 bits per heavy atom. The molecule has 3 aromatic rings. The third-order valence-electron chi connectivity index (χ3n) is 3.95. The van der Waals surface area contributed by atoms with Crippen molar-refractivity contribution in [3.8, 4) is 0 Å². The summed E-state index contributed by atoms with van der Waals surface area (Å²) in [6.45, 7) is 2.00. The van der Waals surface area contributed by atoms with E-state index in [9.17, 15) is 4.79 Å². The number of para-hydroxylation sites is 1. The molecule has 0 radical (unpaired) electrons. The molecule has 4 nitrogen and oxygen atoms in total. The molecule has 0 saturated heterocycles. The fourth-order valence-electron chi connectivity index (χ4n) is 2.73. The molecule has 1 heterocycles. The number of rotatable bonds is 5. The van der Waals surface area contributed by atoms with E-state index >= 15 is 0 Å². The lowest BCUT2D eigenvalue weighted by molar-refractivity contribution is -0.145. The summed E-state index contributed by atoms with van der Waals surface area (Å²) in [5.74, 6) is 0.0178. The van der Waals surface area contributed by atoms with Gasteiger partial charge in [0.15, 0.2) is 11.5 Å². The van der Waals surface area contributed by atoms with E-state index in [1.807, 2.05) is 55.5 Å². The van der Waals surface area contributed by atoms with Gasteiger partial charge < -0.3 is 9.15 Å². The molecule has 1 aromatic heterocycles. The molecule has 118 valence electrons. The van der Waals surface area contributed by atoms with Gasteiger partial charge in [0.05, 0.1) is 13.0 Å². The highest BCUT2D eigenvalue weighted by Gasteiger charge is 2.23. The molecule has 0 bridgehead atoms. The maximum Gasteiger partial charge on any atom is 0.309 e. The van der Waals surface area contributed by atoms with Crippen molar-refractivity contribution in [3.05, 3.63) is 65.5 Å². The molecule has 0 N–H and O–H groups in total. The lowest BCUT2D eigenvalue weighted by Crippen LogP contribution is -2.21. The highest BCUT2D eigenvalue weighted by molar-refractivity contribution is 5.76. The molecular weight excluding hydrogens is 290 g/mol. The van der Waals surface area contributed by atoms with Crippen molar-refractivity contribution >= 4 is 17.1 Å². The Bertz CT molecular complexity index is 808. The minimum absolute atomic E-state index is 0.243. The summed E-state index contributed by atoms with van der Waals surface area (Å²) in [6.07, 6.45) is 1.03. The van der Waals surface area contributed by atoms with E-state index in [1.54, 1.807) is 0 Å². The van der Waals surface area contributed by atoms with Gasteiger partial charge in [-0.1, -0.05) is 42.5 Å². The van der Waals surface area contributed by atoms with Crippen LogP contribution in [0.3, 0.4) is 0 Å². The van der Waals surface area contributed by atoms with Gasteiger partial charge in [-0.3, -0.25) is 4.79 Å². The number of hydrogen-bond donors (Lipinski definition) is 0. The number of carbonyl (C=O) groups is 1. The van der Waals surface area contributed by atoms with Crippen LogP contribution in [-0.4, -0.2) is 18.1 Å². The fourth-order valence-corrected chi connectivity index (χ4v) is 2.73. The zero-order chi connectivity index (χ0) is 16.2. The SMILES string of the molecule is COC(=O)C(Cc1ccccc1)Cc1nc2c(C)cccc2o1. The van der Waals surface area contributed by atoms with E-state index in [4.69, 9.17) is 9.15 Å². The first-order valence-electron chi connectivity index (χ1n) is 7.64. The van der Waals surface area contributed by atoms with Gasteiger partial charge in [0.25, 0.3) is 0 Å². The van der Waals surface area contributed by atoms with Crippen LogP contribution in [0.15, 0.2) is 52.9 Å². The van der Waals surface area contributed by atoms with E-state index in [2.05, 4.69) is 4.98 Å². The Hall–Kier alpha value is -2.62. The third kappa shape index (κ3) is 3.42. The summed E-state index contributed by atoms with van der Waals surface area (Å²) in [4.78, 5) is 16.6. The van der Waals surface area contributed by atoms with Crippen LogP contribution in [0.4, 0.5) is 0 Å². The second kappa shape index (κ2) is 6.65.